The summed E-state index contributed by atoms with van der Waals surface area (Å²) in [5.74, 6) is 1.32. The SMILES string of the molecule is C=CC(=O)N(C)c1ccc2c(N3CC[C@@H](Nc4ncc(C#N)cn4)C3)nc(C3=CCN(C)CC3)cc2c1. The lowest BCUT2D eigenvalue weighted by molar-refractivity contribution is -0.113. The van der Waals surface area contributed by atoms with Crippen LogP contribution in [0.15, 0.2) is 55.4 Å². The largest absolute Gasteiger partial charge is 0.354 e. The van der Waals surface area contributed by atoms with Gasteiger partial charge in [-0.15, -0.1) is 0 Å². The van der Waals surface area contributed by atoms with Crippen LogP contribution in [0.1, 0.15) is 24.1 Å². The predicted octanol–water partition coefficient (Wildman–Crippen LogP) is 3.45. The van der Waals surface area contributed by atoms with E-state index in [-0.39, 0.29) is 11.9 Å². The van der Waals surface area contributed by atoms with Crippen molar-refractivity contribution in [1.29, 1.82) is 5.26 Å². The van der Waals surface area contributed by atoms with Gasteiger partial charge in [0, 0.05) is 50.3 Å². The number of carbonyl (C=O) groups is 1. The molecule has 0 spiro atoms. The molecule has 5 rings (SSSR count). The number of amides is 1. The number of hydrogen-bond acceptors (Lipinski definition) is 8. The Bertz CT molecular complexity index is 1410. The highest BCUT2D eigenvalue weighted by atomic mass is 16.2. The standard InChI is InChI=1S/C28H30N8O/c1-4-26(37)35(3)23-5-6-24-21(13-23)14-25(20-7-10-34(2)11-8-20)33-27(24)36-12-9-22(18-36)32-28-30-16-19(15-29)17-31-28/h4-7,13-14,16-17,22H,1,8-12,18H2,2-3H3,(H,30,31,32)/t22-/m1/s1. The van der Waals surface area contributed by atoms with Gasteiger partial charge in [-0.25, -0.2) is 15.0 Å². The summed E-state index contributed by atoms with van der Waals surface area (Å²) in [4.78, 5) is 32.1. The molecule has 0 aliphatic carbocycles. The lowest BCUT2D eigenvalue weighted by atomic mass is 10.0. The first kappa shape index (κ1) is 24.4. The summed E-state index contributed by atoms with van der Waals surface area (Å²) in [5.41, 5.74) is 3.49. The van der Waals surface area contributed by atoms with Crippen LogP contribution in [-0.2, 0) is 4.79 Å². The highest BCUT2D eigenvalue weighted by Gasteiger charge is 2.26. The molecule has 4 heterocycles. The quantitative estimate of drug-likeness (QED) is 0.520. The van der Waals surface area contributed by atoms with E-state index in [2.05, 4.69) is 63.0 Å². The van der Waals surface area contributed by atoms with Gasteiger partial charge in [0.2, 0.25) is 11.9 Å². The monoisotopic (exact) mass is 494 g/mol. The minimum absolute atomic E-state index is 0.148. The average molecular weight is 495 g/mol. The van der Waals surface area contributed by atoms with Crippen LogP contribution < -0.4 is 15.1 Å². The zero-order valence-electron chi connectivity index (χ0n) is 21.2. The molecule has 0 unspecified atom stereocenters. The summed E-state index contributed by atoms with van der Waals surface area (Å²) in [6.45, 7) is 7.12. The van der Waals surface area contributed by atoms with Gasteiger partial charge in [-0.3, -0.25) is 4.79 Å². The van der Waals surface area contributed by atoms with E-state index in [1.165, 1.54) is 24.0 Å². The second-order valence-corrected chi connectivity index (χ2v) is 9.56. The summed E-state index contributed by atoms with van der Waals surface area (Å²) >= 11 is 0. The van der Waals surface area contributed by atoms with Gasteiger partial charge in [-0.1, -0.05) is 12.7 Å². The zero-order valence-corrected chi connectivity index (χ0v) is 21.2. The van der Waals surface area contributed by atoms with Gasteiger partial charge in [0.1, 0.15) is 11.9 Å². The Hall–Kier alpha value is -4.29. The van der Waals surface area contributed by atoms with Crippen molar-refractivity contribution in [2.45, 2.75) is 18.9 Å². The third-order valence-corrected chi connectivity index (χ3v) is 7.03. The van der Waals surface area contributed by atoms with Crippen LogP contribution in [0.25, 0.3) is 16.3 Å². The fourth-order valence-corrected chi connectivity index (χ4v) is 4.82. The number of aromatic nitrogens is 3. The van der Waals surface area contributed by atoms with Crippen molar-refractivity contribution < 1.29 is 4.79 Å². The number of carbonyl (C=O) groups excluding carboxylic acids is 1. The van der Waals surface area contributed by atoms with Crippen molar-refractivity contribution in [1.82, 2.24) is 19.9 Å². The predicted molar refractivity (Wildman–Crippen MR) is 146 cm³/mol. The highest BCUT2D eigenvalue weighted by molar-refractivity contribution is 6.03. The molecule has 1 aromatic carbocycles. The highest BCUT2D eigenvalue weighted by Crippen LogP contribution is 2.34. The van der Waals surface area contributed by atoms with E-state index in [4.69, 9.17) is 10.2 Å². The van der Waals surface area contributed by atoms with Crippen LogP contribution in [-0.4, -0.2) is 72.1 Å². The summed E-state index contributed by atoms with van der Waals surface area (Å²) in [6, 6.07) is 10.4. The first-order chi connectivity index (χ1) is 17.9. The van der Waals surface area contributed by atoms with E-state index in [0.717, 1.165) is 67.0 Å². The molecule has 1 saturated heterocycles. The minimum atomic E-state index is -0.148. The molecular weight excluding hydrogens is 464 g/mol. The maximum atomic E-state index is 12.2. The van der Waals surface area contributed by atoms with E-state index >= 15 is 0 Å². The van der Waals surface area contributed by atoms with E-state index in [0.29, 0.717) is 11.5 Å². The van der Waals surface area contributed by atoms with Gasteiger partial charge >= 0.3 is 0 Å². The molecule has 0 bridgehead atoms. The number of pyridine rings is 1. The van der Waals surface area contributed by atoms with Crippen LogP contribution in [0, 0.1) is 11.3 Å². The molecule has 1 N–H and O–H groups in total. The average Bonchev–Trinajstić information content (AvgIpc) is 3.40. The molecule has 2 aliphatic rings. The molecular formula is C28H30N8O. The maximum absolute atomic E-state index is 12.2. The number of anilines is 3. The number of likely N-dealkylation sites (N-methyl/N-ethyl adjacent to an activating group) is 2. The fourth-order valence-electron chi connectivity index (χ4n) is 4.82. The number of hydrogen-bond donors (Lipinski definition) is 1. The van der Waals surface area contributed by atoms with Gasteiger partial charge in [0.05, 0.1) is 23.7 Å². The molecule has 9 heteroatoms. The van der Waals surface area contributed by atoms with Crippen LogP contribution in [0.5, 0.6) is 0 Å². The van der Waals surface area contributed by atoms with Gasteiger partial charge in [-0.2, -0.15) is 5.26 Å². The third kappa shape index (κ3) is 5.15. The van der Waals surface area contributed by atoms with E-state index in [1.807, 2.05) is 12.1 Å². The minimum Gasteiger partial charge on any atom is -0.354 e. The molecule has 1 amide bonds. The van der Waals surface area contributed by atoms with Crippen molar-refractivity contribution in [3.63, 3.8) is 0 Å². The number of benzene rings is 1. The van der Waals surface area contributed by atoms with Crippen molar-refractivity contribution in [3.05, 3.63) is 66.6 Å². The summed E-state index contributed by atoms with van der Waals surface area (Å²) in [6.07, 6.45) is 8.51. The van der Waals surface area contributed by atoms with Crippen molar-refractivity contribution >= 4 is 39.7 Å². The molecule has 2 aromatic heterocycles. The fraction of sp³-hybridized carbons (Fsp3) is 0.321. The summed E-state index contributed by atoms with van der Waals surface area (Å²) in [7, 11) is 3.88. The van der Waals surface area contributed by atoms with Crippen LogP contribution in [0.3, 0.4) is 0 Å². The normalized spacial score (nSPS) is 17.8. The molecule has 0 saturated carbocycles. The lowest BCUT2D eigenvalue weighted by Gasteiger charge is -2.25. The van der Waals surface area contributed by atoms with Gasteiger partial charge < -0.3 is 20.0 Å². The molecule has 0 radical (unpaired) electrons. The molecule has 188 valence electrons. The van der Waals surface area contributed by atoms with E-state index < -0.39 is 0 Å². The van der Waals surface area contributed by atoms with Crippen molar-refractivity contribution in [2.24, 2.45) is 0 Å². The first-order valence-electron chi connectivity index (χ1n) is 12.4. The Balaban J connectivity index is 1.48. The number of nitrogens with one attached hydrogen (secondary N) is 1. The summed E-state index contributed by atoms with van der Waals surface area (Å²) in [5, 5.41) is 14.5. The topological polar surface area (TPSA) is 101 Å². The zero-order chi connectivity index (χ0) is 25.9. The van der Waals surface area contributed by atoms with Crippen molar-refractivity contribution in [2.75, 3.05) is 55.4 Å². The third-order valence-electron chi connectivity index (χ3n) is 7.03. The Morgan fingerprint density at radius 3 is 2.78 bits per heavy atom. The molecule has 9 nitrogen and oxygen atoms in total. The Kier molecular flexibility index (Phi) is 6.84. The first-order valence-corrected chi connectivity index (χ1v) is 12.4. The van der Waals surface area contributed by atoms with Crippen LogP contribution in [0.4, 0.5) is 17.5 Å². The molecule has 1 fully saturated rings. The molecule has 3 aromatic rings. The smallest absolute Gasteiger partial charge is 0.250 e. The number of rotatable bonds is 6. The Morgan fingerprint density at radius 1 is 1.27 bits per heavy atom. The maximum Gasteiger partial charge on any atom is 0.250 e. The van der Waals surface area contributed by atoms with Gasteiger partial charge in [0.15, 0.2) is 0 Å². The van der Waals surface area contributed by atoms with Crippen LogP contribution in [0.2, 0.25) is 0 Å². The number of nitrogens with zero attached hydrogens (tertiary/aromatic N) is 7. The summed E-state index contributed by atoms with van der Waals surface area (Å²) < 4.78 is 0. The van der Waals surface area contributed by atoms with Gasteiger partial charge in [0.25, 0.3) is 0 Å². The molecule has 37 heavy (non-hydrogen) atoms. The molecule has 1 atom stereocenters. The lowest BCUT2D eigenvalue weighted by Crippen LogP contribution is -2.28. The van der Waals surface area contributed by atoms with E-state index in [1.54, 1.807) is 11.9 Å². The number of fused-ring (bicyclic) bond motifs is 1. The van der Waals surface area contributed by atoms with Gasteiger partial charge in [-0.05, 0) is 61.2 Å². The van der Waals surface area contributed by atoms with Crippen molar-refractivity contribution in [3.8, 4) is 6.07 Å². The Labute approximate surface area is 216 Å². The molecule has 2 aliphatic heterocycles. The van der Waals surface area contributed by atoms with E-state index in [9.17, 15) is 4.79 Å². The second-order valence-electron chi connectivity index (χ2n) is 9.56. The Morgan fingerprint density at radius 2 is 2.08 bits per heavy atom. The van der Waals surface area contributed by atoms with Crippen LogP contribution >= 0.6 is 0 Å². The second kappa shape index (κ2) is 10.4. The number of nitriles is 1.